The Morgan fingerprint density at radius 2 is 1.74 bits per heavy atom. The average molecular weight is 551 g/mol. The van der Waals surface area contributed by atoms with E-state index >= 15 is 0 Å². The number of hydrogen-bond acceptors (Lipinski definition) is 7. The van der Waals surface area contributed by atoms with E-state index in [2.05, 4.69) is 53.2 Å². The highest BCUT2D eigenvalue weighted by molar-refractivity contribution is 9.10. The minimum atomic E-state index is -0.149. The van der Waals surface area contributed by atoms with Gasteiger partial charge in [-0.2, -0.15) is 0 Å². The summed E-state index contributed by atoms with van der Waals surface area (Å²) in [5.74, 6) is 2.04. The monoisotopic (exact) mass is 549 g/mol. The van der Waals surface area contributed by atoms with Gasteiger partial charge < -0.3 is 4.42 Å². The molecular formula is C25H21BrClN7O. The van der Waals surface area contributed by atoms with Crippen molar-refractivity contribution in [1.82, 2.24) is 34.9 Å². The van der Waals surface area contributed by atoms with Crippen LogP contribution in [0.15, 0.2) is 69.9 Å². The molecule has 0 aliphatic heterocycles. The average Bonchev–Trinajstić information content (AvgIpc) is 3.52. The fourth-order valence-corrected chi connectivity index (χ4v) is 4.62. The first-order valence-corrected chi connectivity index (χ1v) is 12.2. The van der Waals surface area contributed by atoms with Gasteiger partial charge in [-0.3, -0.25) is 14.5 Å². The van der Waals surface area contributed by atoms with Crippen LogP contribution in [0.3, 0.4) is 0 Å². The Morgan fingerprint density at radius 1 is 0.971 bits per heavy atom. The summed E-state index contributed by atoms with van der Waals surface area (Å²) in [6.07, 6.45) is 5.18. The number of benzene rings is 1. The molecule has 10 heteroatoms. The molecule has 0 saturated heterocycles. The van der Waals surface area contributed by atoms with Gasteiger partial charge in [0.1, 0.15) is 5.82 Å². The van der Waals surface area contributed by atoms with E-state index in [0.717, 1.165) is 32.8 Å². The van der Waals surface area contributed by atoms with Crippen LogP contribution in [0.4, 0.5) is 0 Å². The van der Waals surface area contributed by atoms with Gasteiger partial charge in [0.15, 0.2) is 5.82 Å². The van der Waals surface area contributed by atoms with E-state index in [1.165, 1.54) is 0 Å². The summed E-state index contributed by atoms with van der Waals surface area (Å²) in [5.41, 5.74) is 3.32. The van der Waals surface area contributed by atoms with Crippen molar-refractivity contribution in [2.24, 2.45) is 0 Å². The van der Waals surface area contributed by atoms with Gasteiger partial charge in [-0.05, 0) is 53.2 Å². The smallest absolute Gasteiger partial charge is 0.250 e. The standard InChI is InChI=1S/C25H21BrClN7O/c1-14-12-19(26)18(13-29-14)25-33-32-24(35-25)16(3)15(2)22-30-31-23(17-8-10-28-11-9-17)34(22)21-7-5-4-6-20(21)27/h4-13,15-16H,1-3H3. The molecule has 0 saturated carbocycles. The molecule has 4 heterocycles. The van der Waals surface area contributed by atoms with Gasteiger partial charge in [-0.1, -0.05) is 37.6 Å². The van der Waals surface area contributed by atoms with Crippen LogP contribution in [0.2, 0.25) is 5.02 Å². The molecule has 0 aliphatic rings. The van der Waals surface area contributed by atoms with Crippen molar-refractivity contribution in [2.75, 3.05) is 0 Å². The predicted molar refractivity (Wildman–Crippen MR) is 136 cm³/mol. The summed E-state index contributed by atoms with van der Waals surface area (Å²) >= 11 is 10.2. The zero-order valence-corrected chi connectivity index (χ0v) is 21.6. The molecule has 35 heavy (non-hydrogen) atoms. The van der Waals surface area contributed by atoms with Crippen molar-refractivity contribution in [1.29, 1.82) is 0 Å². The third kappa shape index (κ3) is 4.49. The topological polar surface area (TPSA) is 95.4 Å². The zero-order chi connectivity index (χ0) is 24.5. The van der Waals surface area contributed by atoms with E-state index < -0.39 is 0 Å². The van der Waals surface area contributed by atoms with Crippen molar-refractivity contribution in [2.45, 2.75) is 32.6 Å². The van der Waals surface area contributed by atoms with E-state index in [0.29, 0.717) is 22.6 Å². The third-order valence-electron chi connectivity index (χ3n) is 5.93. The number of para-hydroxylation sites is 1. The number of aryl methyl sites for hydroxylation is 1. The van der Waals surface area contributed by atoms with Crippen molar-refractivity contribution < 1.29 is 4.42 Å². The Kier molecular flexibility index (Phi) is 6.44. The summed E-state index contributed by atoms with van der Waals surface area (Å²) in [5, 5.41) is 18.3. The van der Waals surface area contributed by atoms with E-state index in [1.54, 1.807) is 18.6 Å². The molecule has 2 atom stereocenters. The highest BCUT2D eigenvalue weighted by Crippen LogP contribution is 2.37. The molecule has 8 nitrogen and oxygen atoms in total. The van der Waals surface area contributed by atoms with E-state index in [1.807, 2.05) is 60.9 Å². The minimum absolute atomic E-state index is 0.123. The molecule has 0 bridgehead atoms. The number of aromatic nitrogens is 7. The lowest BCUT2D eigenvalue weighted by Crippen LogP contribution is -2.12. The van der Waals surface area contributed by atoms with Crippen molar-refractivity contribution in [3.8, 4) is 28.5 Å². The first kappa shape index (κ1) is 23.3. The second-order valence-electron chi connectivity index (χ2n) is 8.23. The third-order valence-corrected chi connectivity index (χ3v) is 6.90. The lowest BCUT2D eigenvalue weighted by molar-refractivity contribution is 0.428. The summed E-state index contributed by atoms with van der Waals surface area (Å²) < 4.78 is 8.90. The van der Waals surface area contributed by atoms with Crippen LogP contribution in [0.1, 0.15) is 43.1 Å². The molecule has 5 aromatic rings. The van der Waals surface area contributed by atoms with E-state index in [9.17, 15) is 0 Å². The molecule has 0 fully saturated rings. The molecule has 2 unspecified atom stereocenters. The Morgan fingerprint density at radius 3 is 2.49 bits per heavy atom. The summed E-state index contributed by atoms with van der Waals surface area (Å²) in [7, 11) is 0. The fraction of sp³-hybridized carbons (Fsp3) is 0.200. The second-order valence-corrected chi connectivity index (χ2v) is 9.49. The van der Waals surface area contributed by atoms with E-state index in [-0.39, 0.29) is 11.8 Å². The number of pyridine rings is 2. The summed E-state index contributed by atoms with van der Waals surface area (Å²) in [6.45, 7) is 6.01. The molecule has 1 aromatic carbocycles. The maximum Gasteiger partial charge on any atom is 0.250 e. The first-order valence-electron chi connectivity index (χ1n) is 11.0. The fourth-order valence-electron chi connectivity index (χ4n) is 3.80. The van der Waals surface area contributed by atoms with Crippen LogP contribution in [0.25, 0.3) is 28.5 Å². The number of nitrogens with zero attached hydrogens (tertiary/aromatic N) is 7. The molecule has 5 rings (SSSR count). The molecule has 0 N–H and O–H groups in total. The van der Waals surface area contributed by atoms with Crippen LogP contribution in [0, 0.1) is 6.92 Å². The Bertz CT molecular complexity index is 1480. The van der Waals surface area contributed by atoms with E-state index in [4.69, 9.17) is 16.0 Å². The Balaban J connectivity index is 1.55. The number of halogens is 2. The molecule has 0 amide bonds. The molecule has 4 aromatic heterocycles. The van der Waals surface area contributed by atoms with Crippen molar-refractivity contribution in [3.05, 3.63) is 88.0 Å². The van der Waals surface area contributed by atoms with Crippen LogP contribution in [-0.2, 0) is 0 Å². The first-order chi connectivity index (χ1) is 16.9. The van der Waals surface area contributed by atoms with Crippen LogP contribution < -0.4 is 0 Å². The molecule has 0 spiro atoms. The predicted octanol–water partition coefficient (Wildman–Crippen LogP) is 6.41. The van der Waals surface area contributed by atoms with Gasteiger partial charge in [0.2, 0.25) is 11.8 Å². The summed E-state index contributed by atoms with van der Waals surface area (Å²) in [6, 6.07) is 13.3. The number of hydrogen-bond donors (Lipinski definition) is 0. The lowest BCUT2D eigenvalue weighted by atomic mass is 9.95. The van der Waals surface area contributed by atoms with Crippen LogP contribution >= 0.6 is 27.5 Å². The maximum absolute atomic E-state index is 6.61. The van der Waals surface area contributed by atoms with Crippen LogP contribution in [0.5, 0.6) is 0 Å². The maximum atomic E-state index is 6.61. The van der Waals surface area contributed by atoms with Crippen LogP contribution in [-0.4, -0.2) is 34.9 Å². The van der Waals surface area contributed by atoms with Gasteiger partial charge in [-0.15, -0.1) is 20.4 Å². The Labute approximate surface area is 215 Å². The number of rotatable bonds is 6. The van der Waals surface area contributed by atoms with Gasteiger partial charge in [0.25, 0.3) is 0 Å². The largest absolute Gasteiger partial charge is 0.420 e. The normalized spacial score (nSPS) is 13.1. The van der Waals surface area contributed by atoms with Gasteiger partial charge in [-0.25, -0.2) is 0 Å². The quantitative estimate of drug-likeness (QED) is 0.241. The minimum Gasteiger partial charge on any atom is -0.420 e. The molecule has 0 radical (unpaired) electrons. The highest BCUT2D eigenvalue weighted by Gasteiger charge is 2.29. The van der Waals surface area contributed by atoms with Crippen molar-refractivity contribution >= 4 is 27.5 Å². The zero-order valence-electron chi connectivity index (χ0n) is 19.2. The van der Waals surface area contributed by atoms with Gasteiger partial charge in [0, 0.05) is 46.2 Å². The SMILES string of the molecule is Cc1cc(Br)c(-c2nnc(C(C)C(C)c3nnc(-c4ccncc4)n3-c3ccccc3Cl)o2)cn1. The lowest BCUT2D eigenvalue weighted by Gasteiger charge is -2.19. The van der Waals surface area contributed by atoms with Crippen molar-refractivity contribution in [3.63, 3.8) is 0 Å². The molecular weight excluding hydrogens is 530 g/mol. The van der Waals surface area contributed by atoms with Gasteiger partial charge in [0.05, 0.1) is 16.3 Å². The Hall–Kier alpha value is -3.43. The highest BCUT2D eigenvalue weighted by atomic mass is 79.9. The molecule has 176 valence electrons. The molecule has 0 aliphatic carbocycles. The van der Waals surface area contributed by atoms with Gasteiger partial charge >= 0.3 is 0 Å². The summed E-state index contributed by atoms with van der Waals surface area (Å²) in [4.78, 5) is 8.46. The second kappa shape index (κ2) is 9.67.